The Morgan fingerprint density at radius 3 is 2.60 bits per heavy atom. The van der Waals surface area contributed by atoms with Crippen LogP contribution in [-0.2, 0) is 0 Å². The van der Waals surface area contributed by atoms with E-state index in [2.05, 4.69) is 40.2 Å². The van der Waals surface area contributed by atoms with Crippen molar-refractivity contribution in [1.29, 1.82) is 0 Å². The topological polar surface area (TPSA) is 32.3 Å². The van der Waals surface area contributed by atoms with Gasteiger partial charge in [0.1, 0.15) is 0 Å². The zero-order chi connectivity index (χ0) is 14.8. The molecule has 0 atom stereocenters. The van der Waals surface area contributed by atoms with Crippen LogP contribution < -0.4 is 5.32 Å². The quantitative estimate of drug-likeness (QED) is 0.912. The van der Waals surface area contributed by atoms with Gasteiger partial charge in [-0.25, -0.2) is 0 Å². The Balaban J connectivity index is 2.07. The maximum Gasteiger partial charge on any atom is 0.251 e. The third-order valence-electron chi connectivity index (χ3n) is 4.57. The van der Waals surface area contributed by atoms with Gasteiger partial charge in [-0.3, -0.25) is 4.79 Å². The Morgan fingerprint density at radius 2 is 2.00 bits per heavy atom. The second-order valence-corrected chi connectivity index (χ2v) is 6.78. The molecule has 1 fully saturated rings. The molecule has 0 heterocycles. The second kappa shape index (κ2) is 6.27. The lowest BCUT2D eigenvalue weighted by Crippen LogP contribution is -2.50. The molecule has 1 saturated carbocycles. The second-order valence-electron chi connectivity index (χ2n) is 5.92. The molecule has 1 aromatic rings. The summed E-state index contributed by atoms with van der Waals surface area (Å²) in [6.07, 6.45) is 4.84. The highest BCUT2D eigenvalue weighted by molar-refractivity contribution is 9.10. The predicted octanol–water partition coefficient (Wildman–Crippen LogP) is 3.36. The minimum atomic E-state index is 0.0249. The van der Waals surface area contributed by atoms with Crippen molar-refractivity contribution in [3.05, 3.63) is 33.8 Å². The molecular formula is C16H23BrN2O. The van der Waals surface area contributed by atoms with E-state index in [0.29, 0.717) is 0 Å². The summed E-state index contributed by atoms with van der Waals surface area (Å²) in [4.78, 5) is 14.7. The van der Waals surface area contributed by atoms with E-state index in [9.17, 15) is 4.79 Å². The van der Waals surface area contributed by atoms with Gasteiger partial charge in [-0.2, -0.15) is 0 Å². The van der Waals surface area contributed by atoms with Crippen molar-refractivity contribution in [2.24, 2.45) is 0 Å². The first-order chi connectivity index (χ1) is 9.46. The molecule has 1 aromatic carbocycles. The fourth-order valence-electron chi connectivity index (χ4n) is 3.01. The normalized spacial score (nSPS) is 17.4. The number of nitrogens with one attached hydrogen (secondary N) is 1. The van der Waals surface area contributed by atoms with Gasteiger partial charge >= 0.3 is 0 Å². The molecule has 4 heteroatoms. The first-order valence-corrected chi connectivity index (χ1v) is 7.96. The highest BCUT2D eigenvalue weighted by atomic mass is 79.9. The molecule has 20 heavy (non-hydrogen) atoms. The van der Waals surface area contributed by atoms with Crippen LogP contribution in [0.15, 0.2) is 22.7 Å². The third-order valence-corrected chi connectivity index (χ3v) is 5.43. The van der Waals surface area contributed by atoms with E-state index in [1.165, 1.54) is 12.8 Å². The lowest BCUT2D eigenvalue weighted by Gasteiger charge is -2.36. The van der Waals surface area contributed by atoms with E-state index in [4.69, 9.17) is 0 Å². The summed E-state index contributed by atoms with van der Waals surface area (Å²) in [6, 6.07) is 5.75. The first-order valence-electron chi connectivity index (χ1n) is 7.17. The van der Waals surface area contributed by atoms with Crippen LogP contribution in [0.3, 0.4) is 0 Å². The van der Waals surface area contributed by atoms with E-state index < -0.39 is 0 Å². The lowest BCUT2D eigenvalue weighted by molar-refractivity contribution is 0.0899. The Labute approximate surface area is 129 Å². The Bertz CT molecular complexity index is 493. The molecule has 1 amide bonds. The average Bonchev–Trinajstić information content (AvgIpc) is 2.89. The number of halogens is 1. The van der Waals surface area contributed by atoms with E-state index in [1.807, 2.05) is 25.1 Å². The minimum absolute atomic E-state index is 0.0249. The van der Waals surface area contributed by atoms with Crippen molar-refractivity contribution in [2.75, 3.05) is 20.6 Å². The third kappa shape index (κ3) is 3.07. The van der Waals surface area contributed by atoms with Crippen molar-refractivity contribution in [3.63, 3.8) is 0 Å². The molecule has 2 rings (SSSR count). The van der Waals surface area contributed by atoms with Gasteiger partial charge in [-0.1, -0.05) is 34.8 Å². The molecule has 1 aliphatic carbocycles. The SMILES string of the molecule is Cc1c(Br)cccc1C(=O)NCC1(N(C)C)CCCC1. The van der Waals surface area contributed by atoms with Gasteiger partial charge in [0.25, 0.3) is 5.91 Å². The predicted molar refractivity (Wildman–Crippen MR) is 86.1 cm³/mol. The number of likely N-dealkylation sites (N-methyl/N-ethyl adjacent to an activating group) is 1. The fraction of sp³-hybridized carbons (Fsp3) is 0.562. The van der Waals surface area contributed by atoms with Crippen LogP contribution in [0.2, 0.25) is 0 Å². The summed E-state index contributed by atoms with van der Waals surface area (Å²) in [5, 5.41) is 3.13. The highest BCUT2D eigenvalue weighted by Gasteiger charge is 2.36. The van der Waals surface area contributed by atoms with Gasteiger partial charge in [0.2, 0.25) is 0 Å². The maximum atomic E-state index is 12.4. The minimum Gasteiger partial charge on any atom is -0.350 e. The van der Waals surface area contributed by atoms with Crippen LogP contribution in [0, 0.1) is 6.92 Å². The smallest absolute Gasteiger partial charge is 0.251 e. The molecule has 1 N–H and O–H groups in total. The van der Waals surface area contributed by atoms with Crippen LogP contribution in [0.25, 0.3) is 0 Å². The van der Waals surface area contributed by atoms with Crippen LogP contribution in [0.4, 0.5) is 0 Å². The van der Waals surface area contributed by atoms with Crippen molar-refractivity contribution in [2.45, 2.75) is 38.1 Å². The molecule has 1 aliphatic rings. The Hall–Kier alpha value is -0.870. The van der Waals surface area contributed by atoms with Gasteiger partial charge in [0.05, 0.1) is 0 Å². The number of amides is 1. The number of hydrogen-bond acceptors (Lipinski definition) is 2. The van der Waals surface area contributed by atoms with Gasteiger partial charge < -0.3 is 10.2 Å². The molecule has 0 radical (unpaired) electrons. The molecule has 110 valence electrons. The number of rotatable bonds is 4. The maximum absolute atomic E-state index is 12.4. The van der Waals surface area contributed by atoms with Gasteiger partial charge in [0.15, 0.2) is 0 Å². The zero-order valence-corrected chi connectivity index (χ0v) is 14.1. The highest BCUT2D eigenvalue weighted by Crippen LogP contribution is 2.33. The van der Waals surface area contributed by atoms with Crippen LogP contribution >= 0.6 is 15.9 Å². The number of hydrogen-bond donors (Lipinski definition) is 1. The van der Waals surface area contributed by atoms with Crippen molar-refractivity contribution < 1.29 is 4.79 Å². The largest absolute Gasteiger partial charge is 0.350 e. The molecule has 0 aromatic heterocycles. The van der Waals surface area contributed by atoms with Crippen molar-refractivity contribution in [1.82, 2.24) is 10.2 Å². The molecular weight excluding hydrogens is 316 g/mol. The Morgan fingerprint density at radius 1 is 1.35 bits per heavy atom. The fourth-order valence-corrected chi connectivity index (χ4v) is 3.37. The van der Waals surface area contributed by atoms with Gasteiger partial charge in [-0.15, -0.1) is 0 Å². The van der Waals surface area contributed by atoms with Crippen molar-refractivity contribution in [3.8, 4) is 0 Å². The van der Waals surface area contributed by atoms with Gasteiger partial charge in [0, 0.05) is 22.1 Å². The molecule has 0 spiro atoms. The summed E-state index contributed by atoms with van der Waals surface area (Å²) in [5.41, 5.74) is 1.89. The number of nitrogens with zero attached hydrogens (tertiary/aromatic N) is 1. The average molecular weight is 339 g/mol. The lowest BCUT2D eigenvalue weighted by atomic mass is 9.95. The summed E-state index contributed by atoms with van der Waals surface area (Å²) >= 11 is 3.48. The summed E-state index contributed by atoms with van der Waals surface area (Å²) < 4.78 is 0.980. The number of carbonyl (C=O) groups is 1. The number of benzene rings is 1. The zero-order valence-electron chi connectivity index (χ0n) is 12.5. The van der Waals surface area contributed by atoms with E-state index >= 15 is 0 Å². The van der Waals surface area contributed by atoms with Crippen LogP contribution in [0.5, 0.6) is 0 Å². The summed E-state index contributed by atoms with van der Waals surface area (Å²) in [7, 11) is 4.23. The van der Waals surface area contributed by atoms with Gasteiger partial charge in [-0.05, 0) is 51.6 Å². The van der Waals surface area contributed by atoms with E-state index in [-0.39, 0.29) is 11.4 Å². The molecule has 0 aliphatic heterocycles. The van der Waals surface area contributed by atoms with Crippen LogP contribution in [0.1, 0.15) is 41.6 Å². The monoisotopic (exact) mass is 338 g/mol. The number of carbonyl (C=O) groups excluding carboxylic acids is 1. The Kier molecular flexibility index (Phi) is 4.86. The summed E-state index contributed by atoms with van der Waals surface area (Å²) in [5.74, 6) is 0.0249. The standard InChI is InChI=1S/C16H23BrN2O/c1-12-13(7-6-8-14(12)17)15(20)18-11-16(19(2)3)9-4-5-10-16/h6-8H,4-5,9-11H2,1-3H3,(H,18,20). The van der Waals surface area contributed by atoms with Crippen LogP contribution in [-0.4, -0.2) is 37.0 Å². The summed E-state index contributed by atoms with van der Waals surface area (Å²) in [6.45, 7) is 2.70. The van der Waals surface area contributed by atoms with E-state index in [1.54, 1.807) is 0 Å². The molecule has 0 unspecified atom stereocenters. The molecule has 3 nitrogen and oxygen atoms in total. The van der Waals surface area contributed by atoms with E-state index in [0.717, 1.165) is 35.0 Å². The van der Waals surface area contributed by atoms with Crippen molar-refractivity contribution >= 4 is 21.8 Å². The first kappa shape index (κ1) is 15.5. The molecule has 0 bridgehead atoms. The molecule has 0 saturated heterocycles.